The summed E-state index contributed by atoms with van der Waals surface area (Å²) >= 11 is 0. The highest BCUT2D eigenvalue weighted by Gasteiger charge is 2.36. The lowest BCUT2D eigenvalue weighted by atomic mass is 9.85. The van der Waals surface area contributed by atoms with Crippen LogP contribution in [0.4, 0.5) is 0 Å². The number of aryl methyl sites for hydroxylation is 2. The van der Waals surface area contributed by atoms with E-state index < -0.39 is 0 Å². The zero-order valence-corrected chi connectivity index (χ0v) is 16.4. The first-order valence-electron chi connectivity index (χ1n) is 9.58. The molecule has 148 valence electrons. The van der Waals surface area contributed by atoms with Crippen LogP contribution in [-0.2, 0) is 0 Å². The van der Waals surface area contributed by atoms with Crippen LogP contribution in [0, 0.1) is 19.8 Å². The van der Waals surface area contributed by atoms with Gasteiger partial charge in [0.2, 0.25) is 0 Å². The maximum absolute atomic E-state index is 12.8. The SMILES string of the molecule is COc1ccc2c(c1)C(=O)C[C@H](C1CCN(C(=O)c3c(C)noc3C)CC1)O2. The molecule has 1 aromatic heterocycles. The molecule has 1 amide bonds. The first-order valence-corrected chi connectivity index (χ1v) is 9.58. The van der Waals surface area contributed by atoms with E-state index in [2.05, 4.69) is 5.16 Å². The summed E-state index contributed by atoms with van der Waals surface area (Å²) in [4.78, 5) is 27.2. The number of amides is 1. The second-order valence-corrected chi connectivity index (χ2v) is 7.47. The second kappa shape index (κ2) is 7.30. The topological polar surface area (TPSA) is 81.9 Å². The Hall–Kier alpha value is -2.83. The van der Waals surface area contributed by atoms with Crippen molar-refractivity contribution >= 4 is 11.7 Å². The summed E-state index contributed by atoms with van der Waals surface area (Å²) in [5.74, 6) is 2.12. The van der Waals surface area contributed by atoms with Crippen LogP contribution in [0.5, 0.6) is 11.5 Å². The summed E-state index contributed by atoms with van der Waals surface area (Å²) in [6.45, 7) is 4.81. The highest BCUT2D eigenvalue weighted by molar-refractivity contribution is 6.00. The summed E-state index contributed by atoms with van der Waals surface area (Å²) in [5, 5.41) is 3.87. The van der Waals surface area contributed by atoms with E-state index in [1.165, 1.54) is 0 Å². The molecule has 3 heterocycles. The molecule has 0 spiro atoms. The van der Waals surface area contributed by atoms with Gasteiger partial charge in [0.05, 0.1) is 18.4 Å². The van der Waals surface area contributed by atoms with Crippen molar-refractivity contribution in [3.8, 4) is 11.5 Å². The van der Waals surface area contributed by atoms with Crippen LogP contribution in [0.2, 0.25) is 0 Å². The quantitative estimate of drug-likeness (QED) is 0.808. The fraction of sp³-hybridized carbons (Fsp3) is 0.476. The monoisotopic (exact) mass is 384 g/mol. The van der Waals surface area contributed by atoms with Crippen molar-refractivity contribution in [1.29, 1.82) is 0 Å². The predicted molar refractivity (Wildman–Crippen MR) is 101 cm³/mol. The number of aromatic nitrogens is 1. The maximum Gasteiger partial charge on any atom is 0.259 e. The third-order valence-corrected chi connectivity index (χ3v) is 5.75. The van der Waals surface area contributed by atoms with Crippen molar-refractivity contribution < 1.29 is 23.6 Å². The summed E-state index contributed by atoms with van der Waals surface area (Å²) in [6.07, 6.45) is 1.82. The summed E-state index contributed by atoms with van der Waals surface area (Å²) in [6, 6.07) is 5.34. The van der Waals surface area contributed by atoms with Gasteiger partial charge >= 0.3 is 0 Å². The third kappa shape index (κ3) is 3.25. The second-order valence-electron chi connectivity index (χ2n) is 7.47. The van der Waals surface area contributed by atoms with Crippen LogP contribution in [0.3, 0.4) is 0 Å². The first-order chi connectivity index (χ1) is 13.5. The number of carbonyl (C=O) groups is 2. The number of likely N-dealkylation sites (tertiary alicyclic amines) is 1. The minimum atomic E-state index is -0.148. The Morgan fingerprint density at radius 3 is 2.64 bits per heavy atom. The predicted octanol–water partition coefficient (Wildman–Crippen LogP) is 3.19. The molecule has 2 aliphatic heterocycles. The summed E-state index contributed by atoms with van der Waals surface area (Å²) in [7, 11) is 1.58. The van der Waals surface area contributed by atoms with Gasteiger partial charge in [-0.15, -0.1) is 0 Å². The number of hydrogen-bond donors (Lipinski definition) is 0. The van der Waals surface area contributed by atoms with Crippen molar-refractivity contribution in [2.45, 2.75) is 39.2 Å². The number of benzene rings is 1. The normalized spacial score (nSPS) is 19.9. The zero-order valence-electron chi connectivity index (χ0n) is 16.4. The van der Waals surface area contributed by atoms with Crippen molar-refractivity contribution in [3.05, 3.63) is 40.8 Å². The molecule has 0 radical (unpaired) electrons. The Bertz CT molecular complexity index is 892. The molecular weight excluding hydrogens is 360 g/mol. The van der Waals surface area contributed by atoms with Crippen molar-refractivity contribution in [2.75, 3.05) is 20.2 Å². The van der Waals surface area contributed by atoms with Crippen LogP contribution in [0.1, 0.15) is 51.4 Å². The molecule has 0 saturated carbocycles. The van der Waals surface area contributed by atoms with Crippen molar-refractivity contribution in [3.63, 3.8) is 0 Å². The van der Waals surface area contributed by atoms with Gasteiger partial charge in [-0.05, 0) is 50.8 Å². The highest BCUT2D eigenvalue weighted by Crippen LogP contribution is 2.36. The molecule has 0 unspecified atom stereocenters. The van der Waals surface area contributed by atoms with Crippen molar-refractivity contribution in [1.82, 2.24) is 10.1 Å². The summed E-state index contributed by atoms with van der Waals surface area (Å²) < 4.78 is 16.5. The van der Waals surface area contributed by atoms with E-state index in [1.807, 2.05) is 4.90 Å². The van der Waals surface area contributed by atoms with Crippen molar-refractivity contribution in [2.24, 2.45) is 5.92 Å². The molecule has 2 aromatic rings. The average molecular weight is 384 g/mol. The molecule has 0 N–H and O–H groups in total. The van der Waals surface area contributed by atoms with Crippen LogP contribution >= 0.6 is 0 Å². The number of carbonyl (C=O) groups excluding carboxylic acids is 2. The molecule has 1 saturated heterocycles. The van der Waals surface area contributed by atoms with E-state index >= 15 is 0 Å². The van der Waals surface area contributed by atoms with Crippen LogP contribution in [-0.4, -0.2) is 48.1 Å². The van der Waals surface area contributed by atoms with Crippen LogP contribution in [0.15, 0.2) is 22.7 Å². The smallest absolute Gasteiger partial charge is 0.259 e. The Kier molecular flexibility index (Phi) is 4.83. The zero-order chi connectivity index (χ0) is 19.8. The molecule has 0 aliphatic carbocycles. The van der Waals surface area contributed by atoms with E-state index in [1.54, 1.807) is 39.2 Å². The minimum Gasteiger partial charge on any atom is -0.497 e. The molecule has 1 atom stereocenters. The highest BCUT2D eigenvalue weighted by atomic mass is 16.5. The van der Waals surface area contributed by atoms with E-state index in [4.69, 9.17) is 14.0 Å². The molecule has 4 rings (SSSR count). The van der Waals surface area contributed by atoms with Gasteiger partial charge in [0, 0.05) is 19.5 Å². The van der Waals surface area contributed by atoms with E-state index in [9.17, 15) is 9.59 Å². The summed E-state index contributed by atoms with van der Waals surface area (Å²) in [5.41, 5.74) is 1.77. The van der Waals surface area contributed by atoms with Gasteiger partial charge in [0.25, 0.3) is 5.91 Å². The lowest BCUT2D eigenvalue weighted by Gasteiger charge is -2.37. The molecule has 2 aliphatic rings. The number of ether oxygens (including phenoxy) is 2. The van der Waals surface area contributed by atoms with E-state index in [-0.39, 0.29) is 23.7 Å². The molecule has 1 aromatic carbocycles. The fourth-order valence-electron chi connectivity index (χ4n) is 4.14. The van der Waals surface area contributed by atoms with Gasteiger partial charge in [-0.3, -0.25) is 9.59 Å². The third-order valence-electron chi connectivity index (χ3n) is 5.75. The Morgan fingerprint density at radius 1 is 1.25 bits per heavy atom. The first kappa shape index (κ1) is 18.5. The number of hydrogen-bond acceptors (Lipinski definition) is 6. The average Bonchev–Trinajstić information content (AvgIpc) is 3.05. The molecule has 7 heteroatoms. The standard InChI is InChI=1S/C21H24N2O5/c1-12-20(13(2)28-22-12)21(25)23-8-6-14(7-9-23)19-11-17(24)16-10-15(26-3)4-5-18(16)27-19/h4-5,10,14,19H,6-9,11H2,1-3H3/t19-/m1/s1. The molecule has 0 bridgehead atoms. The minimum absolute atomic E-state index is 0.0345. The van der Waals surface area contributed by atoms with Gasteiger partial charge in [-0.2, -0.15) is 0 Å². The lowest BCUT2D eigenvalue weighted by molar-refractivity contribution is 0.0450. The van der Waals surface area contributed by atoms with Gasteiger partial charge in [0.1, 0.15) is 28.9 Å². The Morgan fingerprint density at radius 2 is 2.00 bits per heavy atom. The Balaban J connectivity index is 1.41. The number of nitrogens with zero attached hydrogens (tertiary/aromatic N) is 2. The number of Topliss-reactive ketones (excluding diaryl/α,β-unsaturated/α-hetero) is 1. The number of rotatable bonds is 3. The molecule has 7 nitrogen and oxygen atoms in total. The molecular formula is C21H24N2O5. The maximum atomic E-state index is 12.8. The number of fused-ring (bicyclic) bond motifs is 1. The lowest BCUT2D eigenvalue weighted by Crippen LogP contribution is -2.44. The van der Waals surface area contributed by atoms with Crippen LogP contribution < -0.4 is 9.47 Å². The largest absolute Gasteiger partial charge is 0.497 e. The van der Waals surface area contributed by atoms with Crippen LogP contribution in [0.25, 0.3) is 0 Å². The molecule has 28 heavy (non-hydrogen) atoms. The fourth-order valence-corrected chi connectivity index (χ4v) is 4.14. The van der Waals surface area contributed by atoms with Gasteiger partial charge in [0.15, 0.2) is 5.78 Å². The van der Waals surface area contributed by atoms with E-state index in [0.29, 0.717) is 53.6 Å². The molecule has 1 fully saturated rings. The number of ketones is 1. The van der Waals surface area contributed by atoms with Gasteiger partial charge < -0.3 is 18.9 Å². The number of methoxy groups -OCH3 is 1. The number of piperidine rings is 1. The van der Waals surface area contributed by atoms with E-state index in [0.717, 1.165) is 12.8 Å². The Labute approximate surface area is 163 Å². The van der Waals surface area contributed by atoms with Gasteiger partial charge in [-0.1, -0.05) is 5.16 Å². The van der Waals surface area contributed by atoms with Gasteiger partial charge in [-0.25, -0.2) is 0 Å².